The van der Waals surface area contributed by atoms with Crippen molar-refractivity contribution in [3.63, 3.8) is 0 Å². The number of primary amides is 1. The Balaban J connectivity index is 2.04. The van der Waals surface area contributed by atoms with Crippen LogP contribution < -0.4 is 15.8 Å². The van der Waals surface area contributed by atoms with Crippen molar-refractivity contribution in [3.8, 4) is 5.75 Å². The largest absolute Gasteiger partial charge is 0.495 e. The Morgan fingerprint density at radius 3 is 2.89 bits per heavy atom. The first-order valence-corrected chi connectivity index (χ1v) is 6.33. The van der Waals surface area contributed by atoms with Gasteiger partial charge in [0.05, 0.1) is 18.4 Å². The average molecular weight is 262 g/mol. The molecule has 3 N–H and O–H groups in total. The first-order valence-electron chi connectivity index (χ1n) is 5.45. The van der Waals surface area contributed by atoms with E-state index in [0.29, 0.717) is 12.1 Å². The highest BCUT2D eigenvalue weighted by Crippen LogP contribution is 2.24. The summed E-state index contributed by atoms with van der Waals surface area (Å²) >= 11 is 1.51. The first kappa shape index (κ1) is 12.4. The van der Waals surface area contributed by atoms with Crippen molar-refractivity contribution in [2.24, 2.45) is 5.73 Å². The van der Waals surface area contributed by atoms with Gasteiger partial charge in [0, 0.05) is 16.8 Å². The standard InChI is InChI=1S/C13H14N2O2S/c1-17-12-5-3-2-4-11(12)15-7-10-6-9(8-18-10)13(14)16/h2-6,8,15H,7H2,1H3,(H2,14,16). The van der Waals surface area contributed by atoms with E-state index in [1.807, 2.05) is 24.3 Å². The van der Waals surface area contributed by atoms with Gasteiger partial charge in [-0.15, -0.1) is 11.3 Å². The molecule has 4 nitrogen and oxygen atoms in total. The molecule has 1 aromatic carbocycles. The van der Waals surface area contributed by atoms with Gasteiger partial charge in [0.25, 0.3) is 0 Å². The van der Waals surface area contributed by atoms with Crippen molar-refractivity contribution in [2.45, 2.75) is 6.54 Å². The Morgan fingerprint density at radius 1 is 1.44 bits per heavy atom. The van der Waals surface area contributed by atoms with Gasteiger partial charge in [-0.3, -0.25) is 4.79 Å². The third-order valence-corrected chi connectivity index (χ3v) is 3.44. The minimum absolute atomic E-state index is 0.394. The molecule has 1 heterocycles. The van der Waals surface area contributed by atoms with Gasteiger partial charge in [-0.1, -0.05) is 12.1 Å². The minimum Gasteiger partial charge on any atom is -0.495 e. The van der Waals surface area contributed by atoms with Crippen molar-refractivity contribution >= 4 is 22.9 Å². The van der Waals surface area contributed by atoms with Crippen LogP contribution in [0.1, 0.15) is 15.2 Å². The van der Waals surface area contributed by atoms with Crippen molar-refractivity contribution in [3.05, 3.63) is 46.2 Å². The van der Waals surface area contributed by atoms with E-state index in [1.165, 1.54) is 11.3 Å². The summed E-state index contributed by atoms with van der Waals surface area (Å²) in [7, 11) is 1.64. The third kappa shape index (κ3) is 2.81. The van der Waals surface area contributed by atoms with Crippen molar-refractivity contribution in [1.82, 2.24) is 0 Å². The van der Waals surface area contributed by atoms with Gasteiger partial charge in [-0.05, 0) is 18.2 Å². The Bertz CT molecular complexity index is 551. The fourth-order valence-electron chi connectivity index (χ4n) is 1.58. The molecule has 0 saturated heterocycles. The highest BCUT2D eigenvalue weighted by atomic mass is 32.1. The molecule has 18 heavy (non-hydrogen) atoms. The molecule has 0 bridgehead atoms. The monoisotopic (exact) mass is 262 g/mol. The van der Waals surface area contributed by atoms with E-state index < -0.39 is 5.91 Å². The maximum absolute atomic E-state index is 11.0. The number of benzene rings is 1. The smallest absolute Gasteiger partial charge is 0.249 e. The van der Waals surface area contributed by atoms with E-state index in [0.717, 1.165) is 16.3 Å². The number of carbonyl (C=O) groups excluding carboxylic acids is 1. The lowest BCUT2D eigenvalue weighted by Crippen LogP contribution is -2.09. The number of carbonyl (C=O) groups is 1. The zero-order chi connectivity index (χ0) is 13.0. The maximum Gasteiger partial charge on any atom is 0.249 e. The number of nitrogens with two attached hydrogens (primary N) is 1. The number of rotatable bonds is 5. The minimum atomic E-state index is -0.394. The number of hydrogen-bond acceptors (Lipinski definition) is 4. The zero-order valence-corrected chi connectivity index (χ0v) is 10.8. The molecule has 2 rings (SSSR count). The normalized spacial score (nSPS) is 10.1. The van der Waals surface area contributed by atoms with Crippen LogP contribution >= 0.6 is 11.3 Å². The first-order chi connectivity index (χ1) is 8.70. The van der Waals surface area contributed by atoms with Crippen LogP contribution in [0.25, 0.3) is 0 Å². The maximum atomic E-state index is 11.0. The van der Waals surface area contributed by atoms with E-state index in [1.54, 1.807) is 18.6 Å². The van der Waals surface area contributed by atoms with Gasteiger partial charge < -0.3 is 15.8 Å². The van der Waals surface area contributed by atoms with E-state index in [-0.39, 0.29) is 0 Å². The Labute approximate surface area is 109 Å². The molecule has 0 aliphatic carbocycles. The predicted molar refractivity (Wildman–Crippen MR) is 73.2 cm³/mol. The number of ether oxygens (including phenoxy) is 1. The molecule has 94 valence electrons. The van der Waals surface area contributed by atoms with Gasteiger partial charge in [0.2, 0.25) is 5.91 Å². The number of thiophene rings is 1. The average Bonchev–Trinajstić information content (AvgIpc) is 2.85. The van der Waals surface area contributed by atoms with Crippen LogP contribution in [-0.4, -0.2) is 13.0 Å². The lowest BCUT2D eigenvalue weighted by molar-refractivity contribution is 0.100. The number of para-hydroxylation sites is 2. The fraction of sp³-hybridized carbons (Fsp3) is 0.154. The predicted octanol–water partition coefficient (Wildman–Crippen LogP) is 2.47. The molecule has 0 unspecified atom stereocenters. The number of nitrogens with one attached hydrogen (secondary N) is 1. The third-order valence-electron chi connectivity index (χ3n) is 2.50. The lowest BCUT2D eigenvalue weighted by atomic mass is 10.2. The molecule has 0 radical (unpaired) electrons. The fourth-order valence-corrected chi connectivity index (χ4v) is 2.39. The molecule has 0 aliphatic heterocycles. The van der Waals surface area contributed by atoms with E-state index >= 15 is 0 Å². The summed E-state index contributed by atoms with van der Waals surface area (Å²) in [5, 5.41) is 5.03. The summed E-state index contributed by atoms with van der Waals surface area (Å²) < 4.78 is 5.24. The lowest BCUT2D eigenvalue weighted by Gasteiger charge is -2.09. The van der Waals surface area contributed by atoms with Crippen molar-refractivity contribution < 1.29 is 9.53 Å². The number of amides is 1. The molecular weight excluding hydrogens is 248 g/mol. The van der Waals surface area contributed by atoms with Crippen LogP contribution in [0.2, 0.25) is 0 Å². The van der Waals surface area contributed by atoms with E-state index in [2.05, 4.69) is 5.32 Å². The molecule has 2 aromatic rings. The van der Waals surface area contributed by atoms with Gasteiger partial charge in [0.15, 0.2) is 0 Å². The second-order valence-corrected chi connectivity index (χ2v) is 4.72. The Hall–Kier alpha value is -2.01. The molecular formula is C13H14N2O2S. The van der Waals surface area contributed by atoms with Crippen LogP contribution in [0.15, 0.2) is 35.7 Å². The summed E-state index contributed by atoms with van der Waals surface area (Å²) in [4.78, 5) is 12.0. The highest BCUT2D eigenvalue weighted by molar-refractivity contribution is 7.10. The zero-order valence-electron chi connectivity index (χ0n) is 9.97. The van der Waals surface area contributed by atoms with E-state index in [4.69, 9.17) is 10.5 Å². The molecule has 5 heteroatoms. The molecule has 0 aliphatic rings. The van der Waals surface area contributed by atoms with Gasteiger partial charge >= 0.3 is 0 Å². The summed E-state index contributed by atoms with van der Waals surface area (Å²) in [6.07, 6.45) is 0. The number of anilines is 1. The SMILES string of the molecule is COc1ccccc1NCc1cc(C(N)=O)cs1. The Kier molecular flexibility index (Phi) is 3.84. The van der Waals surface area contributed by atoms with Crippen LogP contribution in [-0.2, 0) is 6.54 Å². The summed E-state index contributed by atoms with van der Waals surface area (Å²) in [6, 6.07) is 9.50. The molecule has 0 spiro atoms. The second-order valence-electron chi connectivity index (χ2n) is 3.72. The number of hydrogen-bond donors (Lipinski definition) is 2. The van der Waals surface area contributed by atoms with Crippen LogP contribution in [0.3, 0.4) is 0 Å². The van der Waals surface area contributed by atoms with Crippen LogP contribution in [0.5, 0.6) is 5.75 Å². The number of methoxy groups -OCH3 is 1. The van der Waals surface area contributed by atoms with E-state index in [9.17, 15) is 4.79 Å². The van der Waals surface area contributed by atoms with Crippen LogP contribution in [0, 0.1) is 0 Å². The quantitative estimate of drug-likeness (QED) is 0.870. The van der Waals surface area contributed by atoms with Gasteiger partial charge in [-0.2, -0.15) is 0 Å². The Morgan fingerprint density at radius 2 is 2.22 bits per heavy atom. The second kappa shape index (κ2) is 5.55. The van der Waals surface area contributed by atoms with Gasteiger partial charge in [-0.25, -0.2) is 0 Å². The van der Waals surface area contributed by atoms with Crippen molar-refractivity contribution in [2.75, 3.05) is 12.4 Å². The highest BCUT2D eigenvalue weighted by Gasteiger charge is 2.05. The topological polar surface area (TPSA) is 64.3 Å². The molecule has 0 fully saturated rings. The molecule has 0 atom stereocenters. The summed E-state index contributed by atoms with van der Waals surface area (Å²) in [6.45, 7) is 0.637. The molecule has 1 aromatic heterocycles. The van der Waals surface area contributed by atoms with Crippen molar-refractivity contribution in [1.29, 1.82) is 0 Å². The van der Waals surface area contributed by atoms with Crippen LogP contribution in [0.4, 0.5) is 5.69 Å². The molecule has 1 amide bonds. The summed E-state index contributed by atoms with van der Waals surface area (Å²) in [5.41, 5.74) is 6.68. The van der Waals surface area contributed by atoms with Gasteiger partial charge in [0.1, 0.15) is 5.75 Å². The molecule has 0 saturated carbocycles. The summed E-state index contributed by atoms with van der Waals surface area (Å²) in [5.74, 6) is 0.402.